The van der Waals surface area contributed by atoms with Gasteiger partial charge in [0, 0.05) is 28.1 Å². The van der Waals surface area contributed by atoms with Crippen molar-refractivity contribution in [2.75, 3.05) is 0 Å². The molecule has 36 heavy (non-hydrogen) atoms. The van der Waals surface area contributed by atoms with E-state index in [0.29, 0.717) is 33.7 Å². The minimum Gasteiger partial charge on any atom is -0.481 e. The summed E-state index contributed by atoms with van der Waals surface area (Å²) in [6.45, 7) is 1.93. The summed E-state index contributed by atoms with van der Waals surface area (Å²) >= 11 is 0. The smallest absolute Gasteiger partial charge is 0.308 e. The number of fused-ring (bicyclic) bond motifs is 1. The number of aromatic nitrogens is 1. The number of carboxylic acid groups (broad SMARTS) is 1. The molecule has 9 nitrogen and oxygen atoms in total. The first-order valence-corrected chi connectivity index (χ1v) is 11.1. The third-order valence-corrected chi connectivity index (χ3v) is 5.93. The molecule has 0 aliphatic rings. The van der Waals surface area contributed by atoms with E-state index in [0.717, 1.165) is 10.9 Å². The van der Waals surface area contributed by atoms with Crippen LogP contribution >= 0.6 is 0 Å². The number of nitrogen functional groups attached to an aromatic ring is 2. The van der Waals surface area contributed by atoms with Crippen LogP contribution in [0.25, 0.3) is 10.9 Å². The highest BCUT2D eigenvalue weighted by molar-refractivity contribution is 5.95. The van der Waals surface area contributed by atoms with Crippen LogP contribution in [0.1, 0.15) is 27.8 Å². The monoisotopic (exact) mass is 483 g/mol. The molecular weight excluding hydrogens is 458 g/mol. The Morgan fingerprint density at radius 3 is 2.25 bits per heavy atom. The number of nitrogens with two attached hydrogens (primary N) is 2. The van der Waals surface area contributed by atoms with Crippen molar-refractivity contribution in [3.05, 3.63) is 105 Å². The molecule has 4 rings (SSSR count). The Kier molecular flexibility index (Phi) is 6.56. The first-order valence-electron chi connectivity index (χ1n) is 11.1. The van der Waals surface area contributed by atoms with Gasteiger partial charge in [-0.3, -0.25) is 20.4 Å². The van der Waals surface area contributed by atoms with E-state index in [-0.39, 0.29) is 30.2 Å². The van der Waals surface area contributed by atoms with Crippen LogP contribution in [0.2, 0.25) is 0 Å². The highest BCUT2D eigenvalue weighted by atomic mass is 16.5. The Morgan fingerprint density at radius 2 is 1.61 bits per heavy atom. The molecule has 4 aromatic rings. The number of pyridine rings is 1. The van der Waals surface area contributed by atoms with Gasteiger partial charge >= 0.3 is 5.97 Å². The molecule has 0 bridgehead atoms. The van der Waals surface area contributed by atoms with E-state index >= 15 is 0 Å². The van der Waals surface area contributed by atoms with E-state index in [9.17, 15) is 14.7 Å². The zero-order chi connectivity index (χ0) is 26.0. The molecule has 0 saturated heterocycles. The molecule has 7 N–H and O–H groups in total. The Bertz CT molecular complexity index is 1570. The Labute approximate surface area is 206 Å². The summed E-state index contributed by atoms with van der Waals surface area (Å²) in [6, 6.07) is 19.1. The second-order valence-electron chi connectivity index (χ2n) is 8.40. The van der Waals surface area contributed by atoms with Crippen molar-refractivity contribution >= 4 is 28.5 Å². The van der Waals surface area contributed by atoms with E-state index < -0.39 is 11.5 Å². The van der Waals surface area contributed by atoms with E-state index in [2.05, 4.69) is 0 Å². The maximum atomic E-state index is 13.5. The molecule has 0 radical (unpaired) electrons. The molecule has 0 spiro atoms. The van der Waals surface area contributed by atoms with Crippen molar-refractivity contribution in [1.29, 1.82) is 10.8 Å². The third-order valence-electron chi connectivity index (χ3n) is 5.93. The molecule has 3 aromatic carbocycles. The number of aliphatic carboxylic acids is 1. The molecule has 1 aromatic heterocycles. The summed E-state index contributed by atoms with van der Waals surface area (Å²) in [5, 5.41) is 25.3. The van der Waals surface area contributed by atoms with Crippen molar-refractivity contribution in [3.63, 3.8) is 0 Å². The summed E-state index contributed by atoms with van der Waals surface area (Å²) in [5.74, 6) is -0.273. The minimum atomic E-state index is -1.09. The third kappa shape index (κ3) is 4.95. The maximum Gasteiger partial charge on any atom is 0.308 e. The van der Waals surface area contributed by atoms with Crippen molar-refractivity contribution in [2.24, 2.45) is 11.5 Å². The van der Waals surface area contributed by atoms with Crippen molar-refractivity contribution in [2.45, 2.75) is 19.9 Å². The van der Waals surface area contributed by atoms with Gasteiger partial charge in [0.15, 0.2) is 0 Å². The lowest BCUT2D eigenvalue weighted by Crippen LogP contribution is -2.27. The topological polar surface area (TPSA) is 168 Å². The van der Waals surface area contributed by atoms with Crippen molar-refractivity contribution in [3.8, 4) is 11.5 Å². The summed E-state index contributed by atoms with van der Waals surface area (Å²) in [6.07, 6.45) is -0.389. The van der Waals surface area contributed by atoms with Gasteiger partial charge in [0.1, 0.15) is 23.2 Å². The number of ether oxygens (including phenoxy) is 1. The highest BCUT2D eigenvalue weighted by Gasteiger charge is 2.18. The lowest BCUT2D eigenvalue weighted by atomic mass is 10.0. The van der Waals surface area contributed by atoms with Gasteiger partial charge in [0.05, 0.1) is 18.5 Å². The Hall–Kier alpha value is -4.92. The molecule has 0 aliphatic heterocycles. The van der Waals surface area contributed by atoms with E-state index in [1.807, 2.05) is 0 Å². The minimum absolute atomic E-state index is 0.0566. The molecular formula is C27H25N5O4. The molecule has 9 heteroatoms. The van der Waals surface area contributed by atoms with Crippen LogP contribution in [0.5, 0.6) is 11.5 Å². The summed E-state index contributed by atoms with van der Waals surface area (Å²) in [4.78, 5) is 25.0. The zero-order valence-corrected chi connectivity index (χ0v) is 19.5. The van der Waals surface area contributed by atoms with Crippen LogP contribution in [-0.4, -0.2) is 27.3 Å². The number of amidine groups is 2. The maximum absolute atomic E-state index is 13.5. The van der Waals surface area contributed by atoms with Crippen LogP contribution < -0.4 is 21.8 Å². The number of nitrogens with zero attached hydrogens (tertiary/aromatic N) is 1. The average Bonchev–Trinajstić information content (AvgIpc) is 2.84. The number of carboxylic acids is 1. The van der Waals surface area contributed by atoms with Gasteiger partial charge < -0.3 is 25.9 Å². The van der Waals surface area contributed by atoms with E-state index in [4.69, 9.17) is 27.0 Å². The lowest BCUT2D eigenvalue weighted by molar-refractivity contribution is -0.136. The van der Waals surface area contributed by atoms with Crippen LogP contribution in [0.4, 0.5) is 0 Å². The van der Waals surface area contributed by atoms with Gasteiger partial charge in [-0.1, -0.05) is 36.4 Å². The quantitative estimate of drug-likeness (QED) is 0.190. The van der Waals surface area contributed by atoms with Gasteiger partial charge in [-0.15, -0.1) is 0 Å². The molecule has 182 valence electrons. The SMILES string of the molecule is Cc1c(CC(=O)O)c(=O)n(Cc2ccc(C(=N)N)cc2)c2cc(Oc3cccc(C(=N)N)c3)ccc12. The predicted molar refractivity (Wildman–Crippen MR) is 138 cm³/mol. The number of benzene rings is 3. The number of aryl methyl sites for hydroxylation is 1. The van der Waals surface area contributed by atoms with E-state index in [1.54, 1.807) is 73.7 Å². The second kappa shape index (κ2) is 9.75. The molecule has 0 unspecified atom stereocenters. The zero-order valence-electron chi connectivity index (χ0n) is 19.5. The normalized spacial score (nSPS) is 10.8. The summed E-state index contributed by atoms with van der Waals surface area (Å²) in [7, 11) is 0. The van der Waals surface area contributed by atoms with Crippen LogP contribution in [0.3, 0.4) is 0 Å². The Balaban J connectivity index is 1.84. The molecule has 1 heterocycles. The fourth-order valence-corrected chi connectivity index (χ4v) is 4.06. The van der Waals surface area contributed by atoms with E-state index in [1.165, 1.54) is 4.57 Å². The fraction of sp³-hybridized carbons (Fsp3) is 0.111. The van der Waals surface area contributed by atoms with Gasteiger partial charge in [-0.25, -0.2) is 0 Å². The number of rotatable bonds is 8. The highest BCUT2D eigenvalue weighted by Crippen LogP contribution is 2.29. The Morgan fingerprint density at radius 1 is 0.944 bits per heavy atom. The fourth-order valence-electron chi connectivity index (χ4n) is 4.06. The van der Waals surface area contributed by atoms with Crippen LogP contribution in [-0.2, 0) is 17.8 Å². The van der Waals surface area contributed by atoms with Crippen LogP contribution in [0.15, 0.2) is 71.5 Å². The van der Waals surface area contributed by atoms with Gasteiger partial charge in [-0.2, -0.15) is 0 Å². The van der Waals surface area contributed by atoms with Crippen molar-refractivity contribution < 1.29 is 14.6 Å². The van der Waals surface area contributed by atoms with Gasteiger partial charge in [-0.05, 0) is 42.3 Å². The number of carbonyl (C=O) groups is 1. The molecule has 0 aliphatic carbocycles. The van der Waals surface area contributed by atoms with Gasteiger partial charge in [0.25, 0.3) is 5.56 Å². The first kappa shape index (κ1) is 24.2. The van der Waals surface area contributed by atoms with Crippen molar-refractivity contribution in [1.82, 2.24) is 4.57 Å². The summed E-state index contributed by atoms with van der Waals surface area (Å²) in [5.41, 5.74) is 14.0. The first-order chi connectivity index (χ1) is 17.1. The summed E-state index contributed by atoms with van der Waals surface area (Å²) < 4.78 is 7.53. The number of hydrogen-bond acceptors (Lipinski definition) is 5. The number of nitrogens with one attached hydrogen (secondary N) is 2. The lowest BCUT2D eigenvalue weighted by Gasteiger charge is -2.17. The van der Waals surface area contributed by atoms with Gasteiger partial charge in [0.2, 0.25) is 0 Å². The molecule has 0 fully saturated rings. The predicted octanol–water partition coefficient (Wildman–Crippen LogP) is 3.35. The van der Waals surface area contributed by atoms with Crippen LogP contribution in [0, 0.1) is 17.7 Å². The number of hydrogen-bond donors (Lipinski definition) is 5. The standard InChI is InChI=1S/C27H25N5O4/c1-15-21-10-9-20(36-19-4-2-3-18(11-19)26(30)31)12-23(21)32(27(35)22(15)13-24(33)34)14-16-5-7-17(8-6-16)25(28)29/h2-12H,13-14H2,1H3,(H3,28,29)(H3,30,31)(H,33,34). The molecule has 0 saturated carbocycles. The molecule has 0 atom stereocenters. The largest absolute Gasteiger partial charge is 0.481 e. The molecule has 0 amide bonds. The average molecular weight is 484 g/mol. The second-order valence-corrected chi connectivity index (χ2v) is 8.40.